The number of halogens is 3. The molecule has 0 aliphatic rings. The van der Waals surface area contributed by atoms with Gasteiger partial charge in [-0.1, -0.05) is 30.3 Å². The third kappa shape index (κ3) is 5.94. The van der Waals surface area contributed by atoms with Crippen LogP contribution in [0.1, 0.15) is 40.8 Å². The standard InChI is InChI=1S/C24H24F3N3O4/c1-15-18(23(34)30(29-15)13-5-10-21(31)32)14-28-20-9-4-7-17(22(20)33)12-11-16-6-2-3-8-19(16)24(25,26)27/h2-4,6-9,14,29,33H,5,10-13H2,1H3,(H,31,32). The number of rotatable bonds is 9. The lowest BCUT2D eigenvalue weighted by molar-refractivity contribution is -0.138. The molecule has 3 aromatic rings. The number of carbonyl (C=O) groups is 1. The number of carboxylic acids is 1. The molecule has 10 heteroatoms. The van der Waals surface area contributed by atoms with Crippen molar-refractivity contribution >= 4 is 17.9 Å². The molecular formula is C24H24F3N3O4. The summed E-state index contributed by atoms with van der Waals surface area (Å²) in [5.74, 6) is -1.12. The van der Waals surface area contributed by atoms with Crippen LogP contribution in [0.5, 0.6) is 5.75 Å². The maximum absolute atomic E-state index is 13.2. The fourth-order valence-electron chi connectivity index (χ4n) is 3.62. The second-order valence-electron chi connectivity index (χ2n) is 7.80. The number of alkyl halides is 3. The lowest BCUT2D eigenvalue weighted by Crippen LogP contribution is -2.19. The summed E-state index contributed by atoms with van der Waals surface area (Å²) in [5, 5.41) is 22.2. The normalized spacial score (nSPS) is 11.9. The molecule has 34 heavy (non-hydrogen) atoms. The van der Waals surface area contributed by atoms with E-state index in [1.807, 2.05) is 0 Å². The average molecular weight is 475 g/mol. The van der Waals surface area contributed by atoms with Gasteiger partial charge in [-0.15, -0.1) is 0 Å². The van der Waals surface area contributed by atoms with Crippen LogP contribution in [0.3, 0.4) is 0 Å². The number of aliphatic carboxylic acids is 1. The Morgan fingerprint density at radius 2 is 1.79 bits per heavy atom. The van der Waals surface area contributed by atoms with Gasteiger partial charge in [-0.25, -0.2) is 0 Å². The monoisotopic (exact) mass is 475 g/mol. The Labute approximate surface area is 193 Å². The van der Waals surface area contributed by atoms with Gasteiger partial charge in [0.05, 0.1) is 11.1 Å². The molecule has 2 aromatic carbocycles. The summed E-state index contributed by atoms with van der Waals surface area (Å²) in [5.41, 5.74) is 0.470. The van der Waals surface area contributed by atoms with Crippen molar-refractivity contribution in [1.29, 1.82) is 0 Å². The first-order valence-corrected chi connectivity index (χ1v) is 10.6. The van der Waals surface area contributed by atoms with Gasteiger partial charge in [0.15, 0.2) is 0 Å². The van der Waals surface area contributed by atoms with Crippen LogP contribution in [0.15, 0.2) is 52.3 Å². The molecule has 0 atom stereocenters. The number of aliphatic imine (C=N–C) groups is 1. The van der Waals surface area contributed by atoms with E-state index in [9.17, 15) is 27.9 Å². The van der Waals surface area contributed by atoms with E-state index < -0.39 is 17.7 Å². The zero-order chi connectivity index (χ0) is 24.9. The molecule has 0 aliphatic heterocycles. The third-order valence-electron chi connectivity index (χ3n) is 5.37. The Kier molecular flexibility index (Phi) is 7.60. The fraction of sp³-hybridized carbons (Fsp3) is 0.292. The quantitative estimate of drug-likeness (QED) is 0.393. The number of hydrogen-bond donors (Lipinski definition) is 3. The maximum Gasteiger partial charge on any atom is 0.416 e. The minimum atomic E-state index is -4.46. The van der Waals surface area contributed by atoms with E-state index in [0.29, 0.717) is 11.3 Å². The highest BCUT2D eigenvalue weighted by Gasteiger charge is 2.32. The summed E-state index contributed by atoms with van der Waals surface area (Å²) in [6, 6.07) is 10.1. The van der Waals surface area contributed by atoms with Crippen LogP contribution in [0.25, 0.3) is 0 Å². The zero-order valence-corrected chi connectivity index (χ0v) is 18.4. The number of aromatic nitrogens is 2. The molecule has 1 heterocycles. The first-order chi connectivity index (χ1) is 16.1. The van der Waals surface area contributed by atoms with E-state index in [-0.39, 0.29) is 60.4 Å². The Balaban J connectivity index is 1.77. The summed E-state index contributed by atoms with van der Waals surface area (Å²) >= 11 is 0. The number of hydrogen-bond acceptors (Lipinski definition) is 4. The van der Waals surface area contributed by atoms with Crippen molar-refractivity contribution in [3.63, 3.8) is 0 Å². The van der Waals surface area contributed by atoms with Crippen LogP contribution >= 0.6 is 0 Å². The molecule has 0 radical (unpaired) electrons. The zero-order valence-electron chi connectivity index (χ0n) is 18.4. The molecule has 1 aromatic heterocycles. The van der Waals surface area contributed by atoms with Crippen molar-refractivity contribution in [1.82, 2.24) is 9.78 Å². The molecule has 3 N–H and O–H groups in total. The van der Waals surface area contributed by atoms with Crippen LogP contribution in [-0.2, 0) is 30.4 Å². The predicted molar refractivity (Wildman–Crippen MR) is 121 cm³/mol. The van der Waals surface area contributed by atoms with Gasteiger partial charge in [-0.05, 0) is 49.4 Å². The van der Waals surface area contributed by atoms with Gasteiger partial charge < -0.3 is 10.2 Å². The van der Waals surface area contributed by atoms with Gasteiger partial charge in [0.2, 0.25) is 0 Å². The first kappa shape index (κ1) is 24.8. The molecular weight excluding hydrogens is 451 g/mol. The molecule has 3 rings (SSSR count). The topological polar surface area (TPSA) is 108 Å². The number of aryl methyl sites for hydroxylation is 4. The van der Waals surface area contributed by atoms with E-state index in [1.54, 1.807) is 25.1 Å². The van der Waals surface area contributed by atoms with Crippen molar-refractivity contribution in [2.75, 3.05) is 0 Å². The molecule has 0 saturated carbocycles. The van der Waals surface area contributed by atoms with E-state index in [1.165, 1.54) is 29.1 Å². The second kappa shape index (κ2) is 10.4. The fourth-order valence-corrected chi connectivity index (χ4v) is 3.62. The molecule has 7 nitrogen and oxygen atoms in total. The van der Waals surface area contributed by atoms with Gasteiger partial charge in [0.25, 0.3) is 5.56 Å². The Bertz CT molecular complexity index is 1260. The molecule has 0 saturated heterocycles. The molecule has 0 amide bonds. The third-order valence-corrected chi connectivity index (χ3v) is 5.37. The molecule has 0 bridgehead atoms. The van der Waals surface area contributed by atoms with Crippen molar-refractivity contribution in [3.8, 4) is 5.75 Å². The highest BCUT2D eigenvalue weighted by molar-refractivity contribution is 5.83. The van der Waals surface area contributed by atoms with E-state index in [4.69, 9.17) is 5.11 Å². The van der Waals surface area contributed by atoms with Crippen molar-refractivity contribution in [3.05, 3.63) is 80.8 Å². The number of carboxylic acid groups (broad SMARTS) is 1. The number of phenols is 1. The van der Waals surface area contributed by atoms with E-state index >= 15 is 0 Å². The highest BCUT2D eigenvalue weighted by atomic mass is 19.4. The smallest absolute Gasteiger partial charge is 0.416 e. The van der Waals surface area contributed by atoms with Gasteiger partial charge in [0, 0.05) is 24.9 Å². The molecule has 0 aliphatic carbocycles. The Morgan fingerprint density at radius 1 is 1.12 bits per heavy atom. The van der Waals surface area contributed by atoms with Crippen LogP contribution in [0.2, 0.25) is 0 Å². The number of aromatic amines is 1. The molecule has 0 spiro atoms. The maximum atomic E-state index is 13.2. The number of H-pyrrole nitrogens is 1. The minimum absolute atomic E-state index is 0.0674. The van der Waals surface area contributed by atoms with Crippen molar-refractivity contribution in [2.45, 2.75) is 45.3 Å². The van der Waals surface area contributed by atoms with Crippen LogP contribution < -0.4 is 5.56 Å². The van der Waals surface area contributed by atoms with E-state index in [0.717, 1.165) is 6.07 Å². The largest absolute Gasteiger partial charge is 0.505 e. The summed E-state index contributed by atoms with van der Waals surface area (Å²) in [6.45, 7) is 1.88. The van der Waals surface area contributed by atoms with Crippen LogP contribution in [-0.4, -0.2) is 32.2 Å². The summed E-state index contributed by atoms with van der Waals surface area (Å²) < 4.78 is 41.0. The Morgan fingerprint density at radius 3 is 2.50 bits per heavy atom. The lowest BCUT2D eigenvalue weighted by atomic mass is 9.98. The first-order valence-electron chi connectivity index (χ1n) is 10.6. The average Bonchev–Trinajstić information content (AvgIpc) is 3.04. The second-order valence-corrected chi connectivity index (χ2v) is 7.80. The number of nitrogens with zero attached hydrogens (tertiary/aromatic N) is 2. The van der Waals surface area contributed by atoms with Crippen molar-refractivity contribution in [2.24, 2.45) is 4.99 Å². The van der Waals surface area contributed by atoms with Crippen molar-refractivity contribution < 1.29 is 28.2 Å². The summed E-state index contributed by atoms with van der Waals surface area (Å²) in [6.07, 6.45) is -2.69. The van der Waals surface area contributed by atoms with Crippen LogP contribution in [0, 0.1) is 6.92 Å². The molecule has 0 unspecified atom stereocenters. The van der Waals surface area contributed by atoms with Crippen LogP contribution in [0.4, 0.5) is 18.9 Å². The number of para-hydroxylation sites is 1. The number of aromatic hydroxyl groups is 1. The van der Waals surface area contributed by atoms with Gasteiger partial charge >= 0.3 is 12.1 Å². The minimum Gasteiger partial charge on any atom is -0.505 e. The summed E-state index contributed by atoms with van der Waals surface area (Å²) in [4.78, 5) is 27.4. The number of benzene rings is 2. The molecule has 0 fully saturated rings. The predicted octanol–water partition coefficient (Wildman–Crippen LogP) is 4.61. The molecule has 180 valence electrons. The number of phenolic OH excluding ortho intramolecular Hbond substituents is 1. The highest BCUT2D eigenvalue weighted by Crippen LogP contribution is 2.34. The summed E-state index contributed by atoms with van der Waals surface area (Å²) in [7, 11) is 0. The van der Waals surface area contributed by atoms with Gasteiger partial charge in [0.1, 0.15) is 11.4 Å². The SMILES string of the molecule is Cc1[nH]n(CCCC(=O)O)c(=O)c1C=Nc1cccc(CCc2ccccc2C(F)(F)F)c1O. The lowest BCUT2D eigenvalue weighted by Gasteiger charge is -2.13. The van der Waals surface area contributed by atoms with Gasteiger partial charge in [-0.2, -0.15) is 13.2 Å². The Hall–Kier alpha value is -3.82. The van der Waals surface area contributed by atoms with Gasteiger partial charge in [-0.3, -0.25) is 24.4 Å². The van der Waals surface area contributed by atoms with E-state index in [2.05, 4.69) is 10.1 Å². The number of nitrogens with one attached hydrogen (secondary N) is 1.